The Morgan fingerprint density at radius 2 is 1.95 bits per heavy atom. The minimum atomic E-state index is -3.21. The van der Waals surface area contributed by atoms with Gasteiger partial charge in [-0.15, -0.1) is 0 Å². The first-order chi connectivity index (χ1) is 10.1. The van der Waals surface area contributed by atoms with E-state index in [1.807, 2.05) is 24.3 Å². The van der Waals surface area contributed by atoms with Gasteiger partial charge in [0.15, 0.2) is 9.84 Å². The highest BCUT2D eigenvalue weighted by atomic mass is 35.5. The Hall–Kier alpha value is -1.07. The van der Waals surface area contributed by atoms with Crippen LogP contribution in [0.25, 0.3) is 0 Å². The fourth-order valence-electron chi connectivity index (χ4n) is 2.35. The largest absolute Gasteiger partial charge is 0.355 e. The Morgan fingerprint density at radius 3 is 2.55 bits per heavy atom. The fraction of sp³-hybridized carbons (Fsp3) is 0.562. The van der Waals surface area contributed by atoms with Crippen LogP contribution in [0.2, 0.25) is 5.02 Å². The molecule has 1 saturated carbocycles. The highest BCUT2D eigenvalue weighted by Gasteiger charge is 2.44. The summed E-state index contributed by atoms with van der Waals surface area (Å²) in [6.07, 6.45) is 0.765. The molecular weight excluding hydrogens is 322 g/mol. The molecule has 1 aromatic rings. The van der Waals surface area contributed by atoms with Crippen molar-refractivity contribution in [1.29, 1.82) is 0 Å². The van der Waals surface area contributed by atoms with Gasteiger partial charge in [0.1, 0.15) is 0 Å². The van der Waals surface area contributed by atoms with E-state index in [4.69, 9.17) is 11.6 Å². The zero-order chi connectivity index (χ0) is 16.5. The van der Waals surface area contributed by atoms with Crippen molar-refractivity contribution < 1.29 is 13.2 Å². The Morgan fingerprint density at radius 1 is 1.32 bits per heavy atom. The molecule has 1 aliphatic rings. The van der Waals surface area contributed by atoms with Gasteiger partial charge in [0.05, 0.1) is 10.5 Å². The second kappa shape index (κ2) is 6.20. The molecule has 0 unspecified atom stereocenters. The molecule has 122 valence electrons. The number of nitrogens with one attached hydrogen (secondary N) is 1. The lowest BCUT2D eigenvalue weighted by Gasteiger charge is -2.19. The van der Waals surface area contributed by atoms with E-state index >= 15 is 0 Å². The smallest absolute Gasteiger partial charge is 0.223 e. The predicted molar refractivity (Wildman–Crippen MR) is 88.8 cm³/mol. The average molecular weight is 344 g/mol. The Balaban J connectivity index is 1.85. The van der Waals surface area contributed by atoms with Gasteiger partial charge in [0, 0.05) is 17.5 Å². The maximum absolute atomic E-state index is 12.1. The van der Waals surface area contributed by atoms with E-state index in [2.05, 4.69) is 5.32 Å². The van der Waals surface area contributed by atoms with Crippen molar-refractivity contribution in [2.45, 2.75) is 37.9 Å². The summed E-state index contributed by atoms with van der Waals surface area (Å²) in [4.78, 5) is 12.1. The SMILES string of the molecule is CC(C)(C)S(=O)(=O)CCNC(=O)[C@H]1C[C@H]1c1ccccc1Cl. The summed E-state index contributed by atoms with van der Waals surface area (Å²) >= 11 is 6.13. The second-order valence-electron chi connectivity index (χ2n) is 6.69. The summed E-state index contributed by atoms with van der Waals surface area (Å²) in [6, 6.07) is 7.52. The third-order valence-electron chi connectivity index (χ3n) is 4.03. The van der Waals surface area contributed by atoms with Gasteiger partial charge in [0.2, 0.25) is 5.91 Å². The zero-order valence-electron chi connectivity index (χ0n) is 13.1. The molecule has 0 heterocycles. The van der Waals surface area contributed by atoms with Crippen molar-refractivity contribution >= 4 is 27.3 Å². The zero-order valence-corrected chi connectivity index (χ0v) is 14.7. The number of halogens is 1. The van der Waals surface area contributed by atoms with Gasteiger partial charge in [-0.05, 0) is 44.7 Å². The predicted octanol–water partition coefficient (Wildman–Crippen LogP) is 2.77. The summed E-state index contributed by atoms with van der Waals surface area (Å²) in [7, 11) is -3.21. The Bertz CT molecular complexity index is 664. The van der Waals surface area contributed by atoms with E-state index in [1.54, 1.807) is 20.8 Å². The number of hydrogen-bond donors (Lipinski definition) is 1. The van der Waals surface area contributed by atoms with Crippen LogP contribution in [0.15, 0.2) is 24.3 Å². The number of amides is 1. The molecule has 2 atom stereocenters. The van der Waals surface area contributed by atoms with Gasteiger partial charge in [-0.1, -0.05) is 29.8 Å². The molecule has 1 aliphatic carbocycles. The van der Waals surface area contributed by atoms with Gasteiger partial charge >= 0.3 is 0 Å². The van der Waals surface area contributed by atoms with Crippen LogP contribution in [-0.2, 0) is 14.6 Å². The molecule has 4 nitrogen and oxygen atoms in total. The molecule has 2 rings (SSSR count). The summed E-state index contributed by atoms with van der Waals surface area (Å²) < 4.78 is 23.2. The molecule has 22 heavy (non-hydrogen) atoms. The van der Waals surface area contributed by atoms with Crippen LogP contribution < -0.4 is 5.32 Å². The van der Waals surface area contributed by atoms with E-state index in [-0.39, 0.29) is 30.0 Å². The van der Waals surface area contributed by atoms with Gasteiger partial charge in [-0.25, -0.2) is 8.42 Å². The topological polar surface area (TPSA) is 63.2 Å². The van der Waals surface area contributed by atoms with E-state index in [0.29, 0.717) is 5.02 Å². The van der Waals surface area contributed by atoms with Crippen LogP contribution in [-0.4, -0.2) is 31.4 Å². The van der Waals surface area contributed by atoms with Crippen LogP contribution in [0.1, 0.15) is 38.7 Å². The minimum Gasteiger partial charge on any atom is -0.355 e. The van der Waals surface area contributed by atoms with Crippen LogP contribution >= 0.6 is 11.6 Å². The summed E-state index contributed by atoms with van der Waals surface area (Å²) in [5.74, 6) is -0.0784. The van der Waals surface area contributed by atoms with E-state index < -0.39 is 14.6 Å². The maximum atomic E-state index is 12.1. The molecule has 0 aromatic heterocycles. The number of sulfone groups is 1. The molecule has 0 aliphatic heterocycles. The highest BCUT2D eigenvalue weighted by Crippen LogP contribution is 2.49. The summed E-state index contributed by atoms with van der Waals surface area (Å²) in [5.41, 5.74) is 0.992. The number of rotatable bonds is 5. The Labute approximate surface area is 137 Å². The standard InChI is InChI=1S/C16H22ClNO3S/c1-16(2,3)22(20,21)9-8-18-15(19)13-10-12(13)11-6-4-5-7-14(11)17/h4-7,12-13H,8-10H2,1-3H3,(H,18,19)/t12-,13-/m0/s1. The van der Waals surface area contributed by atoms with Crippen molar-refractivity contribution in [2.75, 3.05) is 12.3 Å². The summed E-state index contributed by atoms with van der Waals surface area (Å²) in [5, 5.41) is 3.41. The van der Waals surface area contributed by atoms with E-state index in [0.717, 1.165) is 12.0 Å². The van der Waals surface area contributed by atoms with Gasteiger partial charge in [-0.3, -0.25) is 4.79 Å². The van der Waals surface area contributed by atoms with E-state index in [9.17, 15) is 13.2 Å². The fourth-order valence-corrected chi connectivity index (χ4v) is 3.61. The normalized spacial score (nSPS) is 21.5. The lowest BCUT2D eigenvalue weighted by molar-refractivity contribution is -0.122. The third-order valence-corrected chi connectivity index (χ3v) is 6.99. The average Bonchev–Trinajstić information content (AvgIpc) is 3.17. The van der Waals surface area contributed by atoms with Crippen LogP contribution in [0.3, 0.4) is 0 Å². The molecule has 1 aromatic carbocycles. The van der Waals surface area contributed by atoms with Crippen LogP contribution in [0.4, 0.5) is 0 Å². The van der Waals surface area contributed by atoms with Crippen molar-refractivity contribution in [3.05, 3.63) is 34.9 Å². The summed E-state index contributed by atoms with van der Waals surface area (Å²) in [6.45, 7) is 5.15. The number of carbonyl (C=O) groups excluding carboxylic acids is 1. The Kier molecular flexibility index (Phi) is 4.87. The van der Waals surface area contributed by atoms with Crippen molar-refractivity contribution in [1.82, 2.24) is 5.32 Å². The monoisotopic (exact) mass is 343 g/mol. The lowest BCUT2D eigenvalue weighted by Crippen LogP contribution is -2.37. The number of benzene rings is 1. The second-order valence-corrected chi connectivity index (χ2v) is 9.96. The van der Waals surface area contributed by atoms with Crippen molar-refractivity contribution in [2.24, 2.45) is 5.92 Å². The molecule has 0 radical (unpaired) electrons. The molecule has 1 amide bonds. The van der Waals surface area contributed by atoms with Crippen molar-refractivity contribution in [3.63, 3.8) is 0 Å². The first kappa shape index (κ1) is 17.3. The first-order valence-corrected chi connectivity index (χ1v) is 9.41. The minimum absolute atomic E-state index is 0.0360. The molecule has 1 fully saturated rings. The van der Waals surface area contributed by atoms with E-state index in [1.165, 1.54) is 0 Å². The maximum Gasteiger partial charge on any atom is 0.223 e. The number of hydrogen-bond acceptors (Lipinski definition) is 3. The molecule has 6 heteroatoms. The molecule has 1 N–H and O–H groups in total. The van der Waals surface area contributed by atoms with Crippen LogP contribution in [0, 0.1) is 5.92 Å². The molecule has 0 bridgehead atoms. The lowest BCUT2D eigenvalue weighted by atomic mass is 10.1. The van der Waals surface area contributed by atoms with Gasteiger partial charge < -0.3 is 5.32 Å². The molecular formula is C16H22ClNO3S. The highest BCUT2D eigenvalue weighted by molar-refractivity contribution is 7.92. The molecule has 0 saturated heterocycles. The van der Waals surface area contributed by atoms with Gasteiger partial charge in [0.25, 0.3) is 0 Å². The quantitative estimate of drug-likeness (QED) is 0.894. The van der Waals surface area contributed by atoms with Crippen molar-refractivity contribution in [3.8, 4) is 0 Å². The van der Waals surface area contributed by atoms with Crippen LogP contribution in [0.5, 0.6) is 0 Å². The third kappa shape index (κ3) is 3.82. The van der Waals surface area contributed by atoms with Gasteiger partial charge in [-0.2, -0.15) is 0 Å². The number of carbonyl (C=O) groups is 1. The molecule has 0 spiro atoms. The first-order valence-electron chi connectivity index (χ1n) is 7.38.